The lowest BCUT2D eigenvalue weighted by Crippen LogP contribution is -2.15. The van der Waals surface area contributed by atoms with Gasteiger partial charge in [0.2, 0.25) is 11.8 Å². The Morgan fingerprint density at radius 3 is 2.83 bits per heavy atom. The van der Waals surface area contributed by atoms with Gasteiger partial charge in [0.1, 0.15) is 11.5 Å². The fraction of sp³-hybridized carbons (Fsp3) is 0.174. The summed E-state index contributed by atoms with van der Waals surface area (Å²) in [6.45, 7) is 2.34. The number of aromatic nitrogens is 1. The molecule has 0 aliphatic carbocycles. The second-order valence-electron chi connectivity index (χ2n) is 6.97. The first kappa shape index (κ1) is 18.7. The number of aryl methyl sites for hydroxylation is 1. The molecule has 2 N–H and O–H groups in total. The molecule has 0 saturated carbocycles. The van der Waals surface area contributed by atoms with E-state index in [1.54, 1.807) is 36.5 Å². The van der Waals surface area contributed by atoms with E-state index in [-0.39, 0.29) is 5.78 Å². The predicted octanol–water partition coefficient (Wildman–Crippen LogP) is 3.84. The highest BCUT2D eigenvalue weighted by molar-refractivity contribution is 5.99. The number of nitrogens with two attached hydrogens (primary N) is 1. The average molecular weight is 388 g/mol. The Morgan fingerprint density at radius 1 is 1.17 bits per heavy atom. The van der Waals surface area contributed by atoms with E-state index in [2.05, 4.69) is 4.98 Å². The molecule has 6 heteroatoms. The van der Waals surface area contributed by atoms with Crippen molar-refractivity contribution >= 4 is 11.7 Å². The van der Waals surface area contributed by atoms with E-state index in [0.717, 1.165) is 16.7 Å². The predicted molar refractivity (Wildman–Crippen MR) is 108 cm³/mol. The first-order valence-electron chi connectivity index (χ1n) is 9.32. The van der Waals surface area contributed by atoms with Crippen LogP contribution >= 0.6 is 0 Å². The fourth-order valence-electron chi connectivity index (χ4n) is 3.31. The zero-order chi connectivity index (χ0) is 20.4. The largest absolute Gasteiger partial charge is 0.492 e. The second kappa shape index (κ2) is 7.75. The number of Topliss-reactive ketones (excluding diaryl/α,β-unsaturated/α-hetero) is 1. The topological polar surface area (TPSA) is 91.5 Å². The maximum Gasteiger partial charge on any atom is 0.248 e. The van der Waals surface area contributed by atoms with Gasteiger partial charge in [-0.3, -0.25) is 9.59 Å². The molecule has 0 unspecified atom stereocenters. The summed E-state index contributed by atoms with van der Waals surface area (Å²) < 4.78 is 11.4. The number of pyridine rings is 1. The first-order chi connectivity index (χ1) is 14.0. The molecule has 0 spiro atoms. The molecule has 1 aliphatic heterocycles. The van der Waals surface area contributed by atoms with Crippen molar-refractivity contribution in [1.29, 1.82) is 0 Å². The van der Waals surface area contributed by atoms with E-state index >= 15 is 0 Å². The lowest BCUT2D eigenvalue weighted by atomic mass is 9.99. The highest BCUT2D eigenvalue weighted by Crippen LogP contribution is 2.31. The van der Waals surface area contributed by atoms with Crippen LogP contribution < -0.4 is 15.2 Å². The van der Waals surface area contributed by atoms with Crippen molar-refractivity contribution in [2.75, 3.05) is 6.61 Å². The van der Waals surface area contributed by atoms with Gasteiger partial charge >= 0.3 is 0 Å². The van der Waals surface area contributed by atoms with Gasteiger partial charge < -0.3 is 15.2 Å². The molecule has 0 radical (unpaired) electrons. The Balaban J connectivity index is 1.52. The van der Waals surface area contributed by atoms with E-state index in [1.165, 1.54) is 0 Å². The van der Waals surface area contributed by atoms with Gasteiger partial charge in [-0.05, 0) is 60.4 Å². The van der Waals surface area contributed by atoms with E-state index in [1.807, 2.05) is 25.1 Å². The normalized spacial score (nSPS) is 12.8. The summed E-state index contributed by atoms with van der Waals surface area (Å²) in [7, 11) is 0. The minimum atomic E-state index is -0.435. The van der Waals surface area contributed by atoms with Crippen LogP contribution in [0.2, 0.25) is 0 Å². The monoisotopic (exact) mass is 388 g/mol. The Hall–Kier alpha value is -3.67. The number of carbonyl (C=O) groups is 2. The van der Waals surface area contributed by atoms with Gasteiger partial charge in [0.05, 0.1) is 12.2 Å². The van der Waals surface area contributed by atoms with Crippen LogP contribution in [0.1, 0.15) is 43.8 Å². The van der Waals surface area contributed by atoms with Crippen molar-refractivity contribution in [3.05, 3.63) is 82.5 Å². The number of benzene rings is 2. The molecule has 1 aliphatic rings. The summed E-state index contributed by atoms with van der Waals surface area (Å²) in [5.74, 6) is 1.20. The number of hydrogen-bond donors (Lipinski definition) is 1. The smallest absolute Gasteiger partial charge is 0.248 e. The van der Waals surface area contributed by atoms with Gasteiger partial charge in [0.25, 0.3) is 0 Å². The highest BCUT2D eigenvalue weighted by Gasteiger charge is 2.19. The summed E-state index contributed by atoms with van der Waals surface area (Å²) in [5.41, 5.74) is 9.53. The molecule has 2 aromatic carbocycles. The van der Waals surface area contributed by atoms with Crippen LogP contribution in [0.25, 0.3) is 0 Å². The highest BCUT2D eigenvalue weighted by atomic mass is 16.5. The Bertz CT molecular complexity index is 1110. The number of hydrogen-bond acceptors (Lipinski definition) is 5. The lowest BCUT2D eigenvalue weighted by molar-refractivity contribution is 0.0932. The number of amides is 1. The molecule has 1 aromatic heterocycles. The SMILES string of the molecule is Cc1cc(C(N)=O)ccc1Cc1ccnc(Oc2ccc3c(c2)OCCC3=O)c1. The second-order valence-corrected chi connectivity index (χ2v) is 6.97. The van der Waals surface area contributed by atoms with Crippen LogP contribution in [0.4, 0.5) is 0 Å². The molecular weight excluding hydrogens is 368 g/mol. The summed E-state index contributed by atoms with van der Waals surface area (Å²) in [6.07, 6.45) is 2.76. The van der Waals surface area contributed by atoms with Crippen LogP contribution in [-0.4, -0.2) is 23.3 Å². The summed E-state index contributed by atoms with van der Waals surface area (Å²) in [6, 6.07) is 14.4. The molecule has 0 fully saturated rings. The van der Waals surface area contributed by atoms with Gasteiger partial charge in [-0.2, -0.15) is 0 Å². The Kier molecular flexibility index (Phi) is 4.99. The molecule has 146 valence electrons. The van der Waals surface area contributed by atoms with Gasteiger partial charge in [0, 0.05) is 30.3 Å². The molecule has 2 heterocycles. The van der Waals surface area contributed by atoms with Crippen molar-refractivity contribution in [2.24, 2.45) is 5.73 Å². The van der Waals surface area contributed by atoms with Crippen molar-refractivity contribution < 1.29 is 19.1 Å². The van der Waals surface area contributed by atoms with Crippen molar-refractivity contribution in [3.63, 3.8) is 0 Å². The minimum Gasteiger partial charge on any atom is -0.492 e. The third-order valence-electron chi connectivity index (χ3n) is 4.88. The van der Waals surface area contributed by atoms with Crippen molar-refractivity contribution in [2.45, 2.75) is 19.8 Å². The van der Waals surface area contributed by atoms with Gasteiger partial charge in [0.15, 0.2) is 5.78 Å². The number of rotatable bonds is 5. The van der Waals surface area contributed by atoms with Crippen LogP contribution in [0.5, 0.6) is 17.4 Å². The average Bonchev–Trinajstić information content (AvgIpc) is 2.70. The number of carbonyl (C=O) groups excluding carboxylic acids is 2. The molecule has 29 heavy (non-hydrogen) atoms. The Morgan fingerprint density at radius 2 is 2.03 bits per heavy atom. The molecule has 4 rings (SSSR count). The summed E-state index contributed by atoms with van der Waals surface area (Å²) >= 11 is 0. The molecule has 0 bridgehead atoms. The first-order valence-corrected chi connectivity index (χ1v) is 9.32. The maximum atomic E-state index is 11.9. The Labute approximate surface area is 168 Å². The standard InChI is InChI=1S/C23H20N2O4/c1-14-10-17(23(24)27)3-2-16(14)11-15-6-8-25-22(12-15)29-18-4-5-19-20(26)7-9-28-21(19)13-18/h2-6,8,10,12-13H,7,9,11H2,1H3,(H2,24,27). The number of fused-ring (bicyclic) bond motifs is 1. The van der Waals surface area contributed by atoms with Gasteiger partial charge in [-0.25, -0.2) is 4.98 Å². The molecule has 1 amide bonds. The molecule has 6 nitrogen and oxygen atoms in total. The quantitative estimate of drug-likeness (QED) is 0.717. The number of nitrogens with zero attached hydrogens (tertiary/aromatic N) is 1. The van der Waals surface area contributed by atoms with E-state index < -0.39 is 5.91 Å². The van der Waals surface area contributed by atoms with Crippen LogP contribution in [-0.2, 0) is 6.42 Å². The third kappa shape index (κ3) is 4.11. The maximum absolute atomic E-state index is 11.9. The third-order valence-corrected chi connectivity index (χ3v) is 4.88. The van der Waals surface area contributed by atoms with Gasteiger partial charge in [-0.15, -0.1) is 0 Å². The van der Waals surface area contributed by atoms with Crippen molar-refractivity contribution in [3.8, 4) is 17.4 Å². The summed E-state index contributed by atoms with van der Waals surface area (Å²) in [5, 5.41) is 0. The van der Waals surface area contributed by atoms with Gasteiger partial charge in [-0.1, -0.05) is 6.07 Å². The van der Waals surface area contributed by atoms with Crippen LogP contribution in [0.15, 0.2) is 54.7 Å². The van der Waals surface area contributed by atoms with Crippen LogP contribution in [0.3, 0.4) is 0 Å². The van der Waals surface area contributed by atoms with E-state index in [9.17, 15) is 9.59 Å². The van der Waals surface area contributed by atoms with Crippen LogP contribution in [0, 0.1) is 6.92 Å². The zero-order valence-electron chi connectivity index (χ0n) is 16.0. The molecule has 3 aromatic rings. The lowest BCUT2D eigenvalue weighted by Gasteiger charge is -2.17. The minimum absolute atomic E-state index is 0.0793. The molecule has 0 atom stereocenters. The van der Waals surface area contributed by atoms with Crippen molar-refractivity contribution in [1.82, 2.24) is 4.98 Å². The van der Waals surface area contributed by atoms with E-state index in [4.69, 9.17) is 15.2 Å². The number of ketones is 1. The fourth-order valence-corrected chi connectivity index (χ4v) is 3.31. The summed E-state index contributed by atoms with van der Waals surface area (Å²) in [4.78, 5) is 27.5. The molecular formula is C23H20N2O4. The molecule has 0 saturated heterocycles. The number of primary amides is 1. The number of ether oxygens (including phenoxy) is 2. The zero-order valence-corrected chi connectivity index (χ0v) is 16.0. The van der Waals surface area contributed by atoms with E-state index in [0.29, 0.717) is 48.0 Å².